The average Bonchev–Trinajstić information content (AvgIpc) is 2.79. The molecule has 4 N–H and O–H groups in total. The fraction of sp³-hybridized carbons (Fsp3) is 0.130. The largest absolute Gasteiger partial charge is 0.468 e. The molecule has 0 saturated heterocycles. The molecule has 34 heavy (non-hydrogen) atoms. The van der Waals surface area contributed by atoms with Gasteiger partial charge in [0, 0.05) is 41.8 Å². The van der Waals surface area contributed by atoms with Gasteiger partial charge in [0.15, 0.2) is 12.3 Å². The van der Waals surface area contributed by atoms with Gasteiger partial charge < -0.3 is 16.2 Å². The Balaban J connectivity index is 1.96. The van der Waals surface area contributed by atoms with Crippen LogP contribution in [-0.4, -0.2) is 40.6 Å². The van der Waals surface area contributed by atoms with Crippen LogP contribution in [0, 0.1) is 0 Å². The van der Waals surface area contributed by atoms with Gasteiger partial charge in [-0.2, -0.15) is 18.2 Å². The average molecular weight is 468 g/mol. The van der Waals surface area contributed by atoms with E-state index >= 15 is 0 Å². The molecule has 8 nitrogen and oxygen atoms in total. The molecule has 0 atom stereocenters. The summed E-state index contributed by atoms with van der Waals surface area (Å²) >= 11 is 0. The number of fused-ring (bicyclic) bond motifs is 1. The van der Waals surface area contributed by atoms with Gasteiger partial charge in [0.1, 0.15) is 11.2 Å². The molecule has 174 valence electrons. The number of ether oxygens (including phenoxy) is 1. The third-order valence-electron chi connectivity index (χ3n) is 4.84. The number of halogens is 3. The van der Waals surface area contributed by atoms with Crippen molar-refractivity contribution >= 4 is 28.8 Å². The first-order valence-corrected chi connectivity index (χ1v) is 9.97. The molecule has 0 aliphatic rings. The summed E-state index contributed by atoms with van der Waals surface area (Å²) in [6.07, 6.45) is -2.98. The Kier molecular flexibility index (Phi) is 5.93. The normalized spacial score (nSPS) is 11.9. The number of pyridine rings is 1. The first-order valence-electron chi connectivity index (χ1n) is 9.97. The van der Waals surface area contributed by atoms with Crippen molar-refractivity contribution in [3.05, 3.63) is 70.5 Å². The number of anilines is 2. The number of aliphatic imine (C=N–C) groups is 1. The second-order valence-corrected chi connectivity index (χ2v) is 7.32. The van der Waals surface area contributed by atoms with Gasteiger partial charge in [-0.1, -0.05) is 6.07 Å². The molecule has 2 aromatic carbocycles. The van der Waals surface area contributed by atoms with Gasteiger partial charge in [-0.15, -0.1) is 0 Å². The second kappa shape index (κ2) is 8.85. The number of alkyl halides is 3. The molecule has 0 fully saturated rings. The summed E-state index contributed by atoms with van der Waals surface area (Å²) in [5.74, 6) is -0.295. The van der Waals surface area contributed by atoms with Gasteiger partial charge in [-0.05, 0) is 42.5 Å². The minimum atomic E-state index is -4.54. The molecule has 0 saturated carbocycles. The zero-order chi connectivity index (χ0) is 24.5. The Bertz CT molecular complexity index is 1450. The quantitative estimate of drug-likeness (QED) is 0.341. The first-order chi connectivity index (χ1) is 16.2. The summed E-state index contributed by atoms with van der Waals surface area (Å²) in [5.41, 5.74) is 14.1. The van der Waals surface area contributed by atoms with E-state index in [1.165, 1.54) is 16.7 Å². The van der Waals surface area contributed by atoms with Crippen molar-refractivity contribution in [2.24, 2.45) is 4.99 Å². The van der Waals surface area contributed by atoms with E-state index in [-0.39, 0.29) is 22.7 Å². The van der Waals surface area contributed by atoms with Gasteiger partial charge in [0.2, 0.25) is 5.88 Å². The lowest BCUT2D eigenvalue weighted by Gasteiger charge is -2.14. The Morgan fingerprint density at radius 2 is 1.79 bits per heavy atom. The van der Waals surface area contributed by atoms with E-state index in [1.54, 1.807) is 55.7 Å². The SMILES string of the molecule is CN=Cc1cc(-c2nc3ccc(OCC(F)(F)F)nc3n(-c3ccc(N)cc3)c2=O)ccc1N. The van der Waals surface area contributed by atoms with Crippen LogP contribution in [0.5, 0.6) is 5.88 Å². The molecule has 0 aliphatic carbocycles. The Morgan fingerprint density at radius 1 is 1.06 bits per heavy atom. The summed E-state index contributed by atoms with van der Waals surface area (Å²) in [5, 5.41) is 0. The number of hydrogen-bond donors (Lipinski definition) is 2. The maximum atomic E-state index is 13.6. The fourth-order valence-corrected chi connectivity index (χ4v) is 3.31. The molecule has 4 rings (SSSR count). The van der Waals surface area contributed by atoms with Gasteiger partial charge in [0.25, 0.3) is 5.56 Å². The number of nitrogens with zero attached hydrogens (tertiary/aromatic N) is 4. The van der Waals surface area contributed by atoms with Gasteiger partial charge in [0.05, 0.1) is 5.69 Å². The topological polar surface area (TPSA) is 121 Å². The molecule has 0 amide bonds. The molecule has 0 spiro atoms. The van der Waals surface area contributed by atoms with Crippen LogP contribution >= 0.6 is 0 Å². The second-order valence-electron chi connectivity index (χ2n) is 7.32. The lowest BCUT2D eigenvalue weighted by atomic mass is 10.1. The highest BCUT2D eigenvalue weighted by molar-refractivity contribution is 5.89. The van der Waals surface area contributed by atoms with Crippen molar-refractivity contribution in [3.63, 3.8) is 0 Å². The predicted octanol–water partition coefficient (Wildman–Crippen LogP) is 3.60. The summed E-state index contributed by atoms with van der Waals surface area (Å²) < 4.78 is 43.8. The molecule has 0 aliphatic heterocycles. The summed E-state index contributed by atoms with van der Waals surface area (Å²) in [6.45, 7) is -1.52. The first kappa shape index (κ1) is 22.8. The molecule has 2 heterocycles. The number of nitrogen functional groups attached to an aromatic ring is 2. The third kappa shape index (κ3) is 4.68. The number of rotatable bonds is 5. The Labute approximate surface area is 191 Å². The number of hydrogen-bond acceptors (Lipinski definition) is 7. The van der Waals surface area contributed by atoms with E-state index in [1.807, 2.05) is 0 Å². The van der Waals surface area contributed by atoms with Crippen LogP contribution in [-0.2, 0) is 0 Å². The Hall–Kier alpha value is -4.41. The van der Waals surface area contributed by atoms with Gasteiger partial charge in [-0.25, -0.2) is 4.98 Å². The molecule has 0 unspecified atom stereocenters. The molecule has 11 heteroatoms. The van der Waals surface area contributed by atoms with Crippen LogP contribution in [0.1, 0.15) is 5.56 Å². The molecular weight excluding hydrogens is 449 g/mol. The van der Waals surface area contributed by atoms with E-state index < -0.39 is 18.3 Å². The summed E-state index contributed by atoms with van der Waals surface area (Å²) in [6, 6.07) is 14.1. The van der Waals surface area contributed by atoms with Crippen LogP contribution in [0.25, 0.3) is 28.1 Å². The molecule has 2 aromatic heterocycles. The lowest BCUT2D eigenvalue weighted by Crippen LogP contribution is -2.24. The summed E-state index contributed by atoms with van der Waals surface area (Å²) in [7, 11) is 1.60. The van der Waals surface area contributed by atoms with E-state index in [0.717, 1.165) is 0 Å². The van der Waals surface area contributed by atoms with Crippen molar-refractivity contribution in [2.75, 3.05) is 25.1 Å². The number of benzene rings is 2. The van der Waals surface area contributed by atoms with Crippen molar-refractivity contribution in [2.45, 2.75) is 6.18 Å². The van der Waals surface area contributed by atoms with E-state index in [4.69, 9.17) is 16.2 Å². The van der Waals surface area contributed by atoms with Crippen LogP contribution in [0.3, 0.4) is 0 Å². The van der Waals surface area contributed by atoms with E-state index in [2.05, 4.69) is 15.0 Å². The molecule has 0 radical (unpaired) electrons. The third-order valence-corrected chi connectivity index (χ3v) is 4.84. The van der Waals surface area contributed by atoms with Crippen molar-refractivity contribution < 1.29 is 17.9 Å². The van der Waals surface area contributed by atoms with Crippen LogP contribution < -0.4 is 21.8 Å². The van der Waals surface area contributed by atoms with Gasteiger partial charge >= 0.3 is 6.18 Å². The smallest absolute Gasteiger partial charge is 0.422 e. The molecule has 0 bridgehead atoms. The summed E-state index contributed by atoms with van der Waals surface area (Å²) in [4.78, 5) is 26.1. The standard InChI is InChI=1S/C23H19F3N6O2/c1-29-11-14-10-13(2-7-17(14)28)20-22(33)32(16-5-3-15(27)4-6-16)21-18(30-20)8-9-19(31-21)34-12-23(24,25)26/h2-11H,12,27-28H2,1H3. The zero-order valence-electron chi connectivity index (χ0n) is 17.9. The minimum absolute atomic E-state index is 0.0315. The number of aromatic nitrogens is 3. The van der Waals surface area contributed by atoms with Crippen molar-refractivity contribution in [1.82, 2.24) is 14.5 Å². The highest BCUT2D eigenvalue weighted by Gasteiger charge is 2.29. The maximum Gasteiger partial charge on any atom is 0.422 e. The van der Waals surface area contributed by atoms with E-state index in [0.29, 0.717) is 28.2 Å². The number of nitrogens with two attached hydrogens (primary N) is 2. The van der Waals surface area contributed by atoms with Crippen molar-refractivity contribution in [3.8, 4) is 22.8 Å². The fourth-order valence-electron chi connectivity index (χ4n) is 3.31. The van der Waals surface area contributed by atoms with Crippen LogP contribution in [0.2, 0.25) is 0 Å². The molecular formula is C23H19F3N6O2. The highest BCUT2D eigenvalue weighted by atomic mass is 19.4. The van der Waals surface area contributed by atoms with Gasteiger partial charge in [-0.3, -0.25) is 14.4 Å². The molecule has 4 aromatic rings. The monoisotopic (exact) mass is 468 g/mol. The minimum Gasteiger partial charge on any atom is -0.468 e. The zero-order valence-corrected chi connectivity index (χ0v) is 17.9. The lowest BCUT2D eigenvalue weighted by molar-refractivity contribution is -0.154. The predicted molar refractivity (Wildman–Crippen MR) is 124 cm³/mol. The van der Waals surface area contributed by atoms with Crippen LogP contribution in [0.15, 0.2) is 64.4 Å². The van der Waals surface area contributed by atoms with Crippen LogP contribution in [0.4, 0.5) is 24.5 Å². The van der Waals surface area contributed by atoms with E-state index in [9.17, 15) is 18.0 Å². The van der Waals surface area contributed by atoms with Crippen molar-refractivity contribution in [1.29, 1.82) is 0 Å². The Morgan fingerprint density at radius 3 is 2.47 bits per heavy atom. The maximum absolute atomic E-state index is 13.6. The highest BCUT2D eigenvalue weighted by Crippen LogP contribution is 2.25.